The zero-order valence-corrected chi connectivity index (χ0v) is 21.3. The molecule has 0 unspecified atom stereocenters. The number of hydrogen-bond donors (Lipinski definition) is 1. The summed E-state index contributed by atoms with van der Waals surface area (Å²) in [5, 5.41) is 9.06. The molecule has 1 spiro atoms. The highest BCUT2D eigenvalue weighted by Crippen LogP contribution is 2.35. The second-order valence-corrected chi connectivity index (χ2v) is 9.62. The summed E-state index contributed by atoms with van der Waals surface area (Å²) in [5.74, 6) is 1.19. The zero-order valence-electron chi connectivity index (χ0n) is 20.6. The van der Waals surface area contributed by atoms with Crippen LogP contribution in [0, 0.1) is 0 Å². The van der Waals surface area contributed by atoms with Gasteiger partial charge >= 0.3 is 6.09 Å². The standard InChI is InChI=1S/C25H29ClN6O5/c1-35-21-7-3-2-6-19(21)28-24(34)36-32-11-8-25(9-12-32)17-20(29-37-25)23(33)31-15-13-30(14-16-31)22-18(26)5-4-10-27-22/h2-7,10H,8-9,11-17H2,1H3,(H,28,34). The quantitative estimate of drug-likeness (QED) is 0.630. The van der Waals surface area contributed by atoms with Crippen LogP contribution in [-0.4, -0.2) is 84.6 Å². The summed E-state index contributed by atoms with van der Waals surface area (Å²) in [6.45, 7) is 3.34. The third-order valence-electron chi connectivity index (χ3n) is 6.88. The summed E-state index contributed by atoms with van der Waals surface area (Å²) < 4.78 is 5.25. The van der Waals surface area contributed by atoms with Crippen LogP contribution in [0.1, 0.15) is 19.3 Å². The maximum Gasteiger partial charge on any atom is 0.430 e. The molecule has 2 saturated heterocycles. The Morgan fingerprint density at radius 3 is 2.54 bits per heavy atom. The summed E-state index contributed by atoms with van der Waals surface area (Å²) in [7, 11) is 1.54. The fourth-order valence-corrected chi connectivity index (χ4v) is 5.04. The number of nitrogens with zero attached hydrogens (tertiary/aromatic N) is 5. The fraction of sp³-hybridized carbons (Fsp3) is 0.440. The number of nitrogens with one attached hydrogen (secondary N) is 1. The number of hydroxylamine groups is 2. The van der Waals surface area contributed by atoms with Gasteiger partial charge in [-0.25, -0.2) is 9.78 Å². The molecule has 1 aromatic heterocycles. The van der Waals surface area contributed by atoms with Crippen LogP contribution in [0.25, 0.3) is 0 Å². The number of halogens is 1. The molecule has 1 N–H and O–H groups in total. The van der Waals surface area contributed by atoms with Crippen LogP contribution >= 0.6 is 11.6 Å². The van der Waals surface area contributed by atoms with Crippen molar-refractivity contribution < 1.29 is 24.0 Å². The number of benzene rings is 1. The van der Waals surface area contributed by atoms with E-state index in [0.717, 1.165) is 5.82 Å². The van der Waals surface area contributed by atoms with Crippen LogP contribution in [0.3, 0.4) is 0 Å². The molecule has 12 heteroatoms. The highest BCUT2D eigenvalue weighted by atomic mass is 35.5. The van der Waals surface area contributed by atoms with Crippen LogP contribution in [-0.2, 0) is 14.5 Å². The summed E-state index contributed by atoms with van der Waals surface area (Å²) in [5.41, 5.74) is 0.420. The van der Waals surface area contributed by atoms with E-state index in [0.29, 0.717) is 80.7 Å². The Bertz CT molecular complexity index is 1180. The van der Waals surface area contributed by atoms with Crippen molar-refractivity contribution in [3.63, 3.8) is 0 Å². The summed E-state index contributed by atoms with van der Waals surface area (Å²) in [6.07, 6.45) is 2.74. The molecule has 2 amide bonds. The first-order valence-corrected chi connectivity index (χ1v) is 12.6. The van der Waals surface area contributed by atoms with E-state index in [-0.39, 0.29) is 5.91 Å². The van der Waals surface area contributed by atoms with Crippen molar-refractivity contribution in [1.29, 1.82) is 0 Å². The number of hydrogen-bond acceptors (Lipinski definition) is 9. The lowest BCUT2D eigenvalue weighted by Crippen LogP contribution is -2.51. The van der Waals surface area contributed by atoms with Gasteiger partial charge in [0.2, 0.25) is 0 Å². The van der Waals surface area contributed by atoms with Crippen molar-refractivity contribution in [2.24, 2.45) is 5.16 Å². The largest absolute Gasteiger partial charge is 0.495 e. The molecule has 3 aliphatic heterocycles. The molecule has 2 aromatic rings. The van der Waals surface area contributed by atoms with E-state index in [1.807, 2.05) is 12.1 Å². The lowest BCUT2D eigenvalue weighted by Gasteiger charge is -2.36. The first-order valence-electron chi connectivity index (χ1n) is 12.2. The van der Waals surface area contributed by atoms with Gasteiger partial charge in [-0.15, -0.1) is 5.06 Å². The Hall–Kier alpha value is -3.57. The number of amides is 2. The molecule has 0 atom stereocenters. The van der Waals surface area contributed by atoms with Gasteiger partial charge in [-0.05, 0) is 24.3 Å². The van der Waals surface area contributed by atoms with Gasteiger partial charge in [0.15, 0.2) is 0 Å². The highest BCUT2D eigenvalue weighted by molar-refractivity contribution is 6.39. The molecule has 0 radical (unpaired) electrons. The number of para-hydroxylation sites is 2. The second-order valence-electron chi connectivity index (χ2n) is 9.21. The molecular formula is C25H29ClN6O5. The Morgan fingerprint density at radius 2 is 1.81 bits per heavy atom. The highest BCUT2D eigenvalue weighted by Gasteiger charge is 2.45. The average molecular weight is 529 g/mol. The number of carbonyl (C=O) groups is 2. The number of aromatic nitrogens is 1. The second kappa shape index (κ2) is 10.8. The minimum atomic E-state index is -0.592. The number of pyridine rings is 1. The molecule has 0 aliphatic carbocycles. The van der Waals surface area contributed by atoms with Gasteiger partial charge in [0.25, 0.3) is 5.91 Å². The fourth-order valence-electron chi connectivity index (χ4n) is 4.80. The predicted octanol–water partition coefficient (Wildman–Crippen LogP) is 3.17. The molecule has 4 heterocycles. The third-order valence-corrected chi connectivity index (χ3v) is 7.18. The Kier molecular flexibility index (Phi) is 7.33. The number of piperidine rings is 1. The predicted molar refractivity (Wildman–Crippen MR) is 138 cm³/mol. The molecule has 0 bridgehead atoms. The summed E-state index contributed by atoms with van der Waals surface area (Å²) >= 11 is 6.27. The van der Waals surface area contributed by atoms with Gasteiger partial charge in [-0.1, -0.05) is 28.9 Å². The van der Waals surface area contributed by atoms with E-state index in [1.54, 1.807) is 40.4 Å². The van der Waals surface area contributed by atoms with Gasteiger partial charge in [0, 0.05) is 64.7 Å². The SMILES string of the molecule is COc1ccccc1NC(=O)ON1CCC2(CC1)CC(C(=O)N1CCN(c3ncccc3Cl)CC1)=NO2. The van der Waals surface area contributed by atoms with Crippen molar-refractivity contribution in [1.82, 2.24) is 14.9 Å². The van der Waals surface area contributed by atoms with Crippen LogP contribution in [0.2, 0.25) is 5.02 Å². The third kappa shape index (κ3) is 5.57. The average Bonchev–Trinajstić information content (AvgIpc) is 3.34. The Labute approximate surface area is 219 Å². The van der Waals surface area contributed by atoms with E-state index < -0.39 is 11.7 Å². The van der Waals surface area contributed by atoms with Crippen molar-refractivity contribution in [3.8, 4) is 5.75 Å². The topological polar surface area (TPSA) is 109 Å². The first kappa shape index (κ1) is 25.1. The molecule has 3 aliphatic rings. The van der Waals surface area contributed by atoms with Crippen LogP contribution in [0.5, 0.6) is 5.75 Å². The molecule has 2 fully saturated rings. The van der Waals surface area contributed by atoms with Crippen LogP contribution < -0.4 is 15.0 Å². The zero-order chi connectivity index (χ0) is 25.8. The monoisotopic (exact) mass is 528 g/mol. The van der Waals surface area contributed by atoms with E-state index >= 15 is 0 Å². The van der Waals surface area contributed by atoms with Gasteiger partial charge < -0.3 is 24.2 Å². The number of rotatable bonds is 5. The summed E-state index contributed by atoms with van der Waals surface area (Å²) in [4.78, 5) is 45.0. The number of methoxy groups -OCH3 is 1. The maximum atomic E-state index is 13.1. The first-order chi connectivity index (χ1) is 18.0. The molecule has 1 aromatic carbocycles. The van der Waals surface area contributed by atoms with Crippen LogP contribution in [0.15, 0.2) is 47.8 Å². The molecule has 196 valence electrons. The van der Waals surface area contributed by atoms with Crippen molar-refractivity contribution in [2.75, 3.05) is 56.6 Å². The van der Waals surface area contributed by atoms with Crippen LogP contribution in [0.4, 0.5) is 16.3 Å². The number of piperazine rings is 1. The number of anilines is 2. The normalized spacial score (nSPS) is 19.2. The van der Waals surface area contributed by atoms with Gasteiger partial charge in [0.1, 0.15) is 22.9 Å². The maximum absolute atomic E-state index is 13.1. The number of oxime groups is 1. The molecule has 11 nitrogen and oxygen atoms in total. The molecular weight excluding hydrogens is 500 g/mol. The minimum Gasteiger partial charge on any atom is -0.495 e. The van der Waals surface area contributed by atoms with Crippen molar-refractivity contribution in [2.45, 2.75) is 24.9 Å². The Balaban J connectivity index is 1.08. The van der Waals surface area contributed by atoms with E-state index in [1.165, 1.54) is 7.11 Å². The van der Waals surface area contributed by atoms with E-state index in [9.17, 15) is 9.59 Å². The molecule has 37 heavy (non-hydrogen) atoms. The van der Waals surface area contributed by atoms with Gasteiger partial charge in [-0.2, -0.15) is 0 Å². The molecule has 5 rings (SSSR count). The summed E-state index contributed by atoms with van der Waals surface area (Å²) in [6, 6.07) is 10.7. The molecule has 0 saturated carbocycles. The van der Waals surface area contributed by atoms with Crippen molar-refractivity contribution >= 4 is 40.8 Å². The lowest BCUT2D eigenvalue weighted by atomic mass is 9.87. The van der Waals surface area contributed by atoms with E-state index in [4.69, 9.17) is 26.0 Å². The number of ether oxygens (including phenoxy) is 1. The Morgan fingerprint density at radius 1 is 1.05 bits per heavy atom. The van der Waals surface area contributed by atoms with Crippen molar-refractivity contribution in [3.05, 3.63) is 47.6 Å². The van der Waals surface area contributed by atoms with E-state index in [2.05, 4.69) is 20.4 Å². The van der Waals surface area contributed by atoms with Gasteiger partial charge in [0.05, 0.1) is 17.8 Å². The smallest absolute Gasteiger partial charge is 0.430 e. The lowest BCUT2D eigenvalue weighted by molar-refractivity contribution is -0.154. The van der Waals surface area contributed by atoms with Gasteiger partial charge in [-0.3, -0.25) is 10.1 Å². The minimum absolute atomic E-state index is 0.0986. The number of carbonyl (C=O) groups excluding carboxylic acids is 2.